The molecule has 0 spiro atoms. The van der Waals surface area contributed by atoms with Crippen molar-refractivity contribution in [3.05, 3.63) is 33.7 Å². The molecule has 1 aliphatic heterocycles. The Balaban J connectivity index is 1.37. The van der Waals surface area contributed by atoms with E-state index < -0.39 is 0 Å². The molecule has 1 N–H and O–H groups in total. The summed E-state index contributed by atoms with van der Waals surface area (Å²) in [5.74, 6) is 2.12. The van der Waals surface area contributed by atoms with E-state index in [0.29, 0.717) is 18.5 Å². The first-order valence-electron chi connectivity index (χ1n) is 10.9. The smallest absolute Gasteiger partial charge is 0.291 e. The average molecular weight is 430 g/mol. The van der Waals surface area contributed by atoms with Crippen LogP contribution in [0.2, 0.25) is 0 Å². The molecule has 0 aromatic carbocycles. The van der Waals surface area contributed by atoms with Crippen LogP contribution in [0.25, 0.3) is 15.7 Å². The molecule has 1 aliphatic rings. The van der Waals surface area contributed by atoms with Gasteiger partial charge in [-0.05, 0) is 48.7 Å². The summed E-state index contributed by atoms with van der Waals surface area (Å²) < 4.78 is 4.29. The average Bonchev–Trinajstić information content (AvgIpc) is 3.28. The summed E-state index contributed by atoms with van der Waals surface area (Å²) in [5.41, 5.74) is 1.38. The fourth-order valence-electron chi connectivity index (χ4n) is 4.76. The number of hydrogen-bond donors (Lipinski definition) is 1. The van der Waals surface area contributed by atoms with Gasteiger partial charge in [0.2, 0.25) is 5.91 Å². The molecule has 4 rings (SSSR count). The molecular formula is C22H31N5O2S. The molecule has 0 saturated carbocycles. The first kappa shape index (κ1) is 21.1. The third kappa shape index (κ3) is 4.30. The van der Waals surface area contributed by atoms with E-state index in [-0.39, 0.29) is 18.0 Å². The minimum absolute atomic E-state index is 0.0427. The second-order valence-electron chi connectivity index (χ2n) is 8.68. The SMILES string of the molecule is CCc1nn(CC(=O)NCCCN2C[C@H](C)C[C@H](C)C2)c(=O)c2cc3sccc3n12. The van der Waals surface area contributed by atoms with Crippen LogP contribution in [0.3, 0.4) is 0 Å². The zero-order valence-electron chi connectivity index (χ0n) is 18.1. The van der Waals surface area contributed by atoms with Crippen molar-refractivity contribution in [2.24, 2.45) is 11.8 Å². The number of hydrogen-bond acceptors (Lipinski definition) is 5. The van der Waals surface area contributed by atoms with Gasteiger partial charge in [0.15, 0.2) is 0 Å². The number of carbonyl (C=O) groups excluding carboxylic acids is 1. The summed E-state index contributed by atoms with van der Waals surface area (Å²) >= 11 is 1.61. The second kappa shape index (κ2) is 8.89. The molecule has 0 radical (unpaired) electrons. The van der Waals surface area contributed by atoms with Crippen LogP contribution in [0.15, 0.2) is 22.3 Å². The zero-order valence-corrected chi connectivity index (χ0v) is 18.9. The number of likely N-dealkylation sites (tertiary alicyclic amines) is 1. The molecule has 1 saturated heterocycles. The highest BCUT2D eigenvalue weighted by Crippen LogP contribution is 2.24. The number of amides is 1. The van der Waals surface area contributed by atoms with Crippen molar-refractivity contribution in [1.29, 1.82) is 0 Å². The summed E-state index contributed by atoms with van der Waals surface area (Å²) in [7, 11) is 0. The Labute approximate surface area is 180 Å². The van der Waals surface area contributed by atoms with Gasteiger partial charge in [-0.1, -0.05) is 20.8 Å². The maximum absolute atomic E-state index is 12.9. The van der Waals surface area contributed by atoms with Crippen molar-refractivity contribution in [3.8, 4) is 0 Å². The lowest BCUT2D eigenvalue weighted by Gasteiger charge is -2.34. The maximum Gasteiger partial charge on any atom is 0.291 e. The number of carbonyl (C=O) groups is 1. The van der Waals surface area contributed by atoms with Gasteiger partial charge in [0, 0.05) is 26.1 Å². The molecule has 7 nitrogen and oxygen atoms in total. The van der Waals surface area contributed by atoms with Gasteiger partial charge < -0.3 is 10.2 Å². The highest BCUT2D eigenvalue weighted by atomic mass is 32.1. The molecule has 30 heavy (non-hydrogen) atoms. The quantitative estimate of drug-likeness (QED) is 0.586. The van der Waals surface area contributed by atoms with Crippen molar-refractivity contribution in [1.82, 2.24) is 24.4 Å². The summed E-state index contributed by atoms with van der Waals surface area (Å²) in [6.07, 6.45) is 2.91. The molecule has 0 aliphatic carbocycles. The highest BCUT2D eigenvalue weighted by Gasteiger charge is 2.21. The Bertz CT molecular complexity index is 1090. The van der Waals surface area contributed by atoms with Crippen molar-refractivity contribution in [2.75, 3.05) is 26.2 Å². The number of nitrogens with one attached hydrogen (secondary N) is 1. The molecule has 162 valence electrons. The van der Waals surface area contributed by atoms with E-state index in [1.54, 1.807) is 11.3 Å². The summed E-state index contributed by atoms with van der Waals surface area (Å²) in [6.45, 7) is 10.5. The van der Waals surface area contributed by atoms with Gasteiger partial charge >= 0.3 is 0 Å². The minimum Gasteiger partial charge on any atom is -0.354 e. The van der Waals surface area contributed by atoms with Crippen LogP contribution in [-0.4, -0.2) is 51.2 Å². The van der Waals surface area contributed by atoms with E-state index in [0.717, 1.165) is 53.9 Å². The number of fused-ring (bicyclic) bond motifs is 3. The van der Waals surface area contributed by atoms with Gasteiger partial charge in [0.25, 0.3) is 5.56 Å². The van der Waals surface area contributed by atoms with Crippen LogP contribution in [-0.2, 0) is 17.8 Å². The zero-order chi connectivity index (χ0) is 21.3. The second-order valence-corrected chi connectivity index (χ2v) is 9.62. The predicted octanol–water partition coefficient (Wildman–Crippen LogP) is 2.76. The molecule has 0 bridgehead atoms. The Morgan fingerprint density at radius 1 is 1.27 bits per heavy atom. The summed E-state index contributed by atoms with van der Waals surface area (Å²) in [4.78, 5) is 27.8. The molecular weight excluding hydrogens is 398 g/mol. The number of aromatic nitrogens is 3. The number of thiophene rings is 1. The van der Waals surface area contributed by atoms with Gasteiger partial charge in [-0.15, -0.1) is 11.3 Å². The first-order valence-corrected chi connectivity index (χ1v) is 11.8. The highest BCUT2D eigenvalue weighted by molar-refractivity contribution is 7.17. The molecule has 1 fully saturated rings. The topological polar surface area (TPSA) is 71.6 Å². The minimum atomic E-state index is -0.220. The van der Waals surface area contributed by atoms with Gasteiger partial charge in [0.1, 0.15) is 17.9 Å². The van der Waals surface area contributed by atoms with E-state index in [2.05, 4.69) is 29.2 Å². The maximum atomic E-state index is 12.9. The Kier molecular flexibility index (Phi) is 6.24. The van der Waals surface area contributed by atoms with Gasteiger partial charge in [-0.3, -0.25) is 14.0 Å². The van der Waals surface area contributed by atoms with Crippen LogP contribution in [0.4, 0.5) is 0 Å². The molecule has 8 heteroatoms. The van der Waals surface area contributed by atoms with Crippen molar-refractivity contribution < 1.29 is 4.79 Å². The molecule has 4 heterocycles. The molecule has 0 unspecified atom stereocenters. The monoisotopic (exact) mass is 429 g/mol. The molecule has 3 aromatic heterocycles. The number of rotatable bonds is 7. The third-order valence-corrected chi connectivity index (χ3v) is 6.75. The Morgan fingerprint density at radius 2 is 2.03 bits per heavy atom. The van der Waals surface area contributed by atoms with Crippen molar-refractivity contribution in [2.45, 2.75) is 46.6 Å². The van der Waals surface area contributed by atoms with Gasteiger partial charge in [0.05, 0.1) is 10.2 Å². The molecule has 1 amide bonds. The first-order chi connectivity index (χ1) is 14.5. The fraction of sp³-hybridized carbons (Fsp3) is 0.591. The van der Waals surface area contributed by atoms with Crippen LogP contribution in [0.1, 0.15) is 39.4 Å². The van der Waals surface area contributed by atoms with Crippen molar-refractivity contribution >= 4 is 33.0 Å². The normalized spacial score (nSPS) is 20.2. The van der Waals surface area contributed by atoms with Crippen LogP contribution in [0, 0.1) is 11.8 Å². The van der Waals surface area contributed by atoms with E-state index in [1.807, 2.05) is 28.8 Å². The van der Waals surface area contributed by atoms with Crippen LogP contribution in [0.5, 0.6) is 0 Å². The number of piperidine rings is 1. The lowest BCUT2D eigenvalue weighted by Crippen LogP contribution is -2.40. The standard InChI is InChI=1S/C22H31N5O2S/c1-4-20-24-26(22(29)18-11-19-17(27(18)20)6-9-30-19)14-21(28)23-7-5-8-25-12-15(2)10-16(3)13-25/h6,9,11,15-16H,4-5,7-8,10,12-14H2,1-3H3,(H,23,28)/t15-,16+. The fourth-order valence-corrected chi connectivity index (χ4v) is 5.56. The van der Waals surface area contributed by atoms with E-state index in [9.17, 15) is 9.59 Å². The number of nitrogens with zero attached hydrogens (tertiary/aromatic N) is 4. The van der Waals surface area contributed by atoms with Gasteiger partial charge in [-0.25, -0.2) is 4.68 Å². The van der Waals surface area contributed by atoms with Crippen LogP contribution >= 0.6 is 11.3 Å². The summed E-state index contributed by atoms with van der Waals surface area (Å²) in [5, 5.41) is 9.45. The molecule has 2 atom stereocenters. The van der Waals surface area contributed by atoms with E-state index in [4.69, 9.17) is 0 Å². The van der Waals surface area contributed by atoms with Crippen LogP contribution < -0.4 is 10.9 Å². The number of aryl methyl sites for hydroxylation is 1. The summed E-state index contributed by atoms with van der Waals surface area (Å²) in [6, 6.07) is 3.91. The lowest BCUT2D eigenvalue weighted by atomic mass is 9.92. The van der Waals surface area contributed by atoms with Crippen molar-refractivity contribution in [3.63, 3.8) is 0 Å². The Hall–Kier alpha value is -2.19. The van der Waals surface area contributed by atoms with E-state index in [1.165, 1.54) is 11.1 Å². The lowest BCUT2D eigenvalue weighted by molar-refractivity contribution is -0.121. The van der Waals surface area contributed by atoms with E-state index >= 15 is 0 Å². The predicted molar refractivity (Wildman–Crippen MR) is 121 cm³/mol. The Morgan fingerprint density at radius 3 is 2.77 bits per heavy atom. The largest absolute Gasteiger partial charge is 0.354 e. The molecule has 3 aromatic rings. The third-order valence-electron chi connectivity index (χ3n) is 5.90. The van der Waals surface area contributed by atoms with Gasteiger partial charge in [-0.2, -0.15) is 5.10 Å².